The summed E-state index contributed by atoms with van der Waals surface area (Å²) >= 11 is 11.9. The summed E-state index contributed by atoms with van der Waals surface area (Å²) in [7, 11) is 1.59. The maximum absolute atomic E-state index is 14.8. The number of pyridine rings is 1. The van der Waals surface area contributed by atoms with Gasteiger partial charge in [0.15, 0.2) is 5.82 Å². The molecule has 0 radical (unpaired) electrons. The Morgan fingerprint density at radius 1 is 1.35 bits per heavy atom. The number of carbonyl (C=O) groups is 1. The molecule has 0 atom stereocenters. The number of hydrogen-bond acceptors (Lipinski definition) is 5. The summed E-state index contributed by atoms with van der Waals surface area (Å²) in [6, 6.07) is 8.80. The molecular weight excluding hydrogens is 478 g/mol. The highest BCUT2D eigenvalue weighted by Gasteiger charge is 2.26. The van der Waals surface area contributed by atoms with Gasteiger partial charge in [-0.2, -0.15) is 5.26 Å². The maximum atomic E-state index is 14.8. The second-order valence-corrected chi connectivity index (χ2v) is 8.71. The predicted molar refractivity (Wildman–Crippen MR) is 131 cm³/mol. The zero-order valence-electron chi connectivity index (χ0n) is 18.4. The van der Waals surface area contributed by atoms with E-state index in [1.54, 1.807) is 12.0 Å². The minimum Gasteiger partial charge on any atom is -0.496 e. The minimum absolute atomic E-state index is 0.0815. The Labute approximate surface area is 206 Å². The Kier molecular flexibility index (Phi) is 6.92. The molecule has 6 nitrogen and oxygen atoms in total. The van der Waals surface area contributed by atoms with Crippen molar-refractivity contribution < 1.29 is 13.9 Å². The lowest BCUT2D eigenvalue weighted by atomic mass is 9.87. The summed E-state index contributed by atoms with van der Waals surface area (Å²) in [5.41, 5.74) is 2.28. The van der Waals surface area contributed by atoms with E-state index in [1.165, 1.54) is 24.4 Å². The molecule has 4 rings (SSSR count). The number of benzene rings is 2. The molecule has 3 aromatic rings. The van der Waals surface area contributed by atoms with Crippen LogP contribution in [0.5, 0.6) is 5.75 Å². The first-order chi connectivity index (χ1) is 16.4. The normalized spacial score (nSPS) is 14.0. The van der Waals surface area contributed by atoms with Crippen molar-refractivity contribution in [2.45, 2.75) is 18.8 Å². The fraction of sp³-hybridized carbons (Fsp3) is 0.240. The van der Waals surface area contributed by atoms with Crippen molar-refractivity contribution in [1.29, 1.82) is 5.26 Å². The highest BCUT2D eigenvalue weighted by atomic mass is 35.5. The van der Waals surface area contributed by atoms with Gasteiger partial charge >= 0.3 is 0 Å². The van der Waals surface area contributed by atoms with Crippen molar-refractivity contribution in [3.05, 3.63) is 70.1 Å². The number of aromatic nitrogens is 1. The van der Waals surface area contributed by atoms with E-state index in [0.717, 1.165) is 18.4 Å². The van der Waals surface area contributed by atoms with E-state index in [4.69, 9.17) is 27.9 Å². The molecule has 2 heterocycles. The quantitative estimate of drug-likeness (QED) is 0.334. The van der Waals surface area contributed by atoms with Crippen molar-refractivity contribution in [2.24, 2.45) is 0 Å². The van der Waals surface area contributed by atoms with Crippen LogP contribution >= 0.6 is 23.2 Å². The van der Waals surface area contributed by atoms with Crippen LogP contribution in [0.25, 0.3) is 10.9 Å². The van der Waals surface area contributed by atoms with Crippen LogP contribution in [-0.4, -0.2) is 36.0 Å². The van der Waals surface area contributed by atoms with Crippen molar-refractivity contribution in [2.75, 3.05) is 25.5 Å². The number of methoxy groups -OCH3 is 1. The molecule has 1 amide bonds. The van der Waals surface area contributed by atoms with Crippen LogP contribution in [0.15, 0.2) is 43.1 Å². The average Bonchev–Trinajstić information content (AvgIpc) is 2.87. The van der Waals surface area contributed by atoms with Crippen LogP contribution < -0.4 is 10.1 Å². The summed E-state index contributed by atoms with van der Waals surface area (Å²) in [5.74, 6) is 0.0105. The van der Waals surface area contributed by atoms with Gasteiger partial charge in [-0.3, -0.25) is 9.78 Å². The largest absolute Gasteiger partial charge is 0.496 e. The number of nitrogens with zero attached hydrogens (tertiary/aromatic N) is 3. The lowest BCUT2D eigenvalue weighted by Crippen LogP contribution is -2.36. The van der Waals surface area contributed by atoms with Crippen LogP contribution in [0.3, 0.4) is 0 Å². The molecule has 0 unspecified atom stereocenters. The van der Waals surface area contributed by atoms with Gasteiger partial charge in [-0.15, -0.1) is 0 Å². The Morgan fingerprint density at radius 3 is 2.74 bits per heavy atom. The summed E-state index contributed by atoms with van der Waals surface area (Å²) < 4.78 is 20.4. The molecule has 0 spiro atoms. The molecule has 1 aliphatic rings. The zero-order chi connectivity index (χ0) is 24.4. The number of hydrogen-bond donors (Lipinski definition) is 1. The second kappa shape index (κ2) is 9.88. The molecule has 1 saturated heterocycles. The van der Waals surface area contributed by atoms with Crippen LogP contribution in [0.2, 0.25) is 10.0 Å². The number of nitrogens with one attached hydrogen (secondary N) is 1. The highest BCUT2D eigenvalue weighted by Crippen LogP contribution is 2.40. The number of halogens is 3. The number of nitriles is 1. The van der Waals surface area contributed by atoms with Gasteiger partial charge in [0.25, 0.3) is 0 Å². The molecule has 34 heavy (non-hydrogen) atoms. The molecule has 0 aliphatic carbocycles. The molecule has 0 saturated carbocycles. The van der Waals surface area contributed by atoms with Gasteiger partial charge < -0.3 is 15.0 Å². The Balaban J connectivity index is 1.79. The maximum Gasteiger partial charge on any atom is 0.245 e. The smallest absolute Gasteiger partial charge is 0.245 e. The van der Waals surface area contributed by atoms with Gasteiger partial charge in [-0.25, -0.2) is 4.39 Å². The first-order valence-electron chi connectivity index (χ1n) is 10.6. The average molecular weight is 499 g/mol. The van der Waals surface area contributed by atoms with E-state index in [9.17, 15) is 14.4 Å². The SMILES string of the molecule is C=CC(=O)N1CCC(c2cc3c(Nc4ccc(Cl)c(Cl)c4F)c(C#N)cnc3cc2OC)CC1. The number of amides is 1. The Hall–Kier alpha value is -3.34. The number of ether oxygens (including phenoxy) is 1. The molecular formula is C25H21Cl2FN4O2. The summed E-state index contributed by atoms with van der Waals surface area (Å²) in [5, 5.41) is 13.3. The van der Waals surface area contributed by atoms with Gasteiger partial charge in [-0.05, 0) is 48.6 Å². The van der Waals surface area contributed by atoms with Gasteiger partial charge in [0, 0.05) is 30.7 Å². The van der Waals surface area contributed by atoms with Gasteiger partial charge in [0.1, 0.15) is 11.8 Å². The van der Waals surface area contributed by atoms with E-state index in [0.29, 0.717) is 35.4 Å². The fourth-order valence-electron chi connectivity index (χ4n) is 4.25. The fourth-order valence-corrected chi connectivity index (χ4v) is 4.56. The summed E-state index contributed by atoms with van der Waals surface area (Å²) in [6.45, 7) is 4.77. The van der Waals surface area contributed by atoms with Crippen molar-refractivity contribution in [1.82, 2.24) is 9.88 Å². The number of anilines is 2. The molecule has 1 N–H and O–H groups in total. The lowest BCUT2D eigenvalue weighted by Gasteiger charge is -2.32. The van der Waals surface area contributed by atoms with Crippen molar-refractivity contribution in [3.63, 3.8) is 0 Å². The molecule has 9 heteroatoms. The zero-order valence-corrected chi connectivity index (χ0v) is 19.9. The van der Waals surface area contributed by atoms with E-state index < -0.39 is 5.82 Å². The number of fused-ring (bicyclic) bond motifs is 1. The molecule has 1 aromatic heterocycles. The van der Waals surface area contributed by atoms with E-state index in [1.807, 2.05) is 12.1 Å². The number of carbonyl (C=O) groups excluding carboxylic acids is 1. The summed E-state index contributed by atoms with van der Waals surface area (Å²) in [6.07, 6.45) is 4.25. The van der Waals surface area contributed by atoms with Crippen molar-refractivity contribution in [3.8, 4) is 11.8 Å². The molecule has 174 valence electrons. The van der Waals surface area contributed by atoms with Gasteiger partial charge in [-0.1, -0.05) is 29.8 Å². The second-order valence-electron chi connectivity index (χ2n) is 7.92. The van der Waals surface area contributed by atoms with Crippen LogP contribution in [0, 0.1) is 17.1 Å². The van der Waals surface area contributed by atoms with Crippen LogP contribution in [-0.2, 0) is 4.79 Å². The van der Waals surface area contributed by atoms with E-state index in [-0.39, 0.29) is 33.1 Å². The van der Waals surface area contributed by atoms with Gasteiger partial charge in [0.05, 0.1) is 39.6 Å². The highest BCUT2D eigenvalue weighted by molar-refractivity contribution is 6.42. The van der Waals surface area contributed by atoms with Crippen molar-refractivity contribution >= 4 is 51.4 Å². The van der Waals surface area contributed by atoms with E-state index >= 15 is 0 Å². The molecule has 0 bridgehead atoms. The van der Waals surface area contributed by atoms with E-state index in [2.05, 4.69) is 22.9 Å². The van der Waals surface area contributed by atoms with Gasteiger partial charge in [0.2, 0.25) is 5.91 Å². The molecule has 1 aliphatic heterocycles. The Morgan fingerprint density at radius 2 is 2.09 bits per heavy atom. The first kappa shape index (κ1) is 23.8. The number of rotatable bonds is 5. The third-order valence-electron chi connectivity index (χ3n) is 6.06. The number of likely N-dealkylation sites (tertiary alicyclic amines) is 1. The van der Waals surface area contributed by atoms with Crippen LogP contribution in [0.1, 0.15) is 29.9 Å². The molecule has 2 aromatic carbocycles. The Bertz CT molecular complexity index is 1330. The standard InChI is InChI=1S/C25H21Cl2FN4O2/c1-3-22(33)32-8-6-14(7-9-32)16-10-17-20(11-21(16)34-2)30-13-15(12-29)25(17)31-19-5-4-18(26)23(27)24(19)28/h3-5,10-11,13-14H,1,6-9H2,2H3,(H,30,31). The van der Waals surface area contributed by atoms with Crippen LogP contribution in [0.4, 0.5) is 15.8 Å². The first-order valence-corrected chi connectivity index (χ1v) is 11.4. The third-order valence-corrected chi connectivity index (χ3v) is 6.84. The number of piperidine rings is 1. The monoisotopic (exact) mass is 498 g/mol. The minimum atomic E-state index is -0.712. The topological polar surface area (TPSA) is 78.3 Å². The third kappa shape index (κ3) is 4.39. The lowest BCUT2D eigenvalue weighted by molar-refractivity contribution is -0.127. The summed E-state index contributed by atoms with van der Waals surface area (Å²) in [4.78, 5) is 18.1. The molecule has 1 fully saturated rings. The predicted octanol–water partition coefficient (Wildman–Crippen LogP) is 6.20.